The summed E-state index contributed by atoms with van der Waals surface area (Å²) in [6.07, 6.45) is 2.72. The van der Waals surface area contributed by atoms with Crippen LogP contribution in [0.2, 0.25) is 0 Å². The van der Waals surface area contributed by atoms with E-state index in [-0.39, 0.29) is 18.5 Å². The zero-order valence-corrected chi connectivity index (χ0v) is 9.87. The minimum Gasteiger partial charge on any atom is -0.488 e. The topological polar surface area (TPSA) is 29.5 Å². The summed E-state index contributed by atoms with van der Waals surface area (Å²) in [7, 11) is 0. The number of aliphatic hydroxyl groups excluding tert-OH is 1. The van der Waals surface area contributed by atoms with Crippen LogP contribution in [-0.2, 0) is 6.42 Å². The van der Waals surface area contributed by atoms with E-state index in [9.17, 15) is 4.39 Å². The summed E-state index contributed by atoms with van der Waals surface area (Å²) in [6.45, 7) is 3.80. The first kappa shape index (κ1) is 13.0. The van der Waals surface area contributed by atoms with E-state index >= 15 is 0 Å². The number of benzene rings is 1. The molecule has 3 heteroatoms. The molecule has 16 heavy (non-hydrogen) atoms. The molecule has 0 aliphatic rings. The molecule has 2 nitrogen and oxygen atoms in total. The molecule has 0 aliphatic carbocycles. The number of aryl methyl sites for hydroxylation is 1. The highest BCUT2D eigenvalue weighted by atomic mass is 19.1. The first-order valence-corrected chi connectivity index (χ1v) is 5.73. The molecule has 0 spiro atoms. The molecule has 0 radical (unpaired) electrons. The van der Waals surface area contributed by atoms with Crippen molar-refractivity contribution >= 4 is 0 Å². The van der Waals surface area contributed by atoms with Crippen molar-refractivity contribution in [1.82, 2.24) is 0 Å². The summed E-state index contributed by atoms with van der Waals surface area (Å²) in [5.41, 5.74) is 1.00. The summed E-state index contributed by atoms with van der Waals surface area (Å²) in [4.78, 5) is 0. The van der Waals surface area contributed by atoms with Crippen LogP contribution in [0.25, 0.3) is 0 Å². The summed E-state index contributed by atoms with van der Waals surface area (Å²) in [5, 5.41) is 8.91. The second kappa shape index (κ2) is 6.48. The van der Waals surface area contributed by atoms with Crippen LogP contribution in [0, 0.1) is 5.82 Å². The first-order chi connectivity index (χ1) is 7.67. The highest BCUT2D eigenvalue weighted by Gasteiger charge is 2.08. The molecular formula is C13H19FO2. The van der Waals surface area contributed by atoms with Crippen LogP contribution in [0.5, 0.6) is 5.75 Å². The number of halogens is 1. The van der Waals surface area contributed by atoms with Crippen molar-refractivity contribution in [3.8, 4) is 5.75 Å². The lowest BCUT2D eigenvalue weighted by Gasteiger charge is -2.15. The Morgan fingerprint density at radius 1 is 1.44 bits per heavy atom. The Morgan fingerprint density at radius 3 is 2.81 bits per heavy atom. The number of rotatable bonds is 6. The fourth-order valence-corrected chi connectivity index (χ4v) is 1.47. The van der Waals surface area contributed by atoms with Crippen molar-refractivity contribution < 1.29 is 14.2 Å². The Morgan fingerprint density at radius 2 is 2.19 bits per heavy atom. The van der Waals surface area contributed by atoms with Gasteiger partial charge in [0.15, 0.2) is 0 Å². The minimum absolute atomic E-state index is 0.0657. The summed E-state index contributed by atoms with van der Waals surface area (Å²) >= 11 is 0. The Kier molecular flexibility index (Phi) is 5.26. The zero-order chi connectivity index (χ0) is 12.0. The number of hydrogen-bond donors (Lipinski definition) is 1. The Bertz CT molecular complexity index is 326. The van der Waals surface area contributed by atoms with Gasteiger partial charge in [0.1, 0.15) is 17.7 Å². The van der Waals surface area contributed by atoms with Gasteiger partial charge in [-0.1, -0.05) is 19.4 Å². The molecule has 0 heterocycles. The molecule has 1 aromatic rings. The van der Waals surface area contributed by atoms with Crippen LogP contribution in [0.1, 0.15) is 32.3 Å². The molecule has 1 atom stereocenters. The Labute approximate surface area is 96.1 Å². The molecule has 0 saturated carbocycles. The van der Waals surface area contributed by atoms with E-state index in [1.165, 1.54) is 12.1 Å². The van der Waals surface area contributed by atoms with Crippen LogP contribution < -0.4 is 4.74 Å². The number of ether oxygens (including phenoxy) is 1. The van der Waals surface area contributed by atoms with Crippen LogP contribution in [0.3, 0.4) is 0 Å². The quantitative estimate of drug-likeness (QED) is 0.808. The van der Waals surface area contributed by atoms with Crippen molar-refractivity contribution in [2.45, 2.75) is 39.2 Å². The summed E-state index contributed by atoms with van der Waals surface area (Å²) in [6, 6.07) is 4.59. The largest absolute Gasteiger partial charge is 0.488 e. The van der Waals surface area contributed by atoms with Crippen molar-refractivity contribution in [3.05, 3.63) is 29.6 Å². The molecular weight excluding hydrogens is 207 g/mol. The normalized spacial score (nSPS) is 12.5. The lowest BCUT2D eigenvalue weighted by atomic mass is 10.1. The average molecular weight is 226 g/mol. The van der Waals surface area contributed by atoms with Gasteiger partial charge in [-0.2, -0.15) is 0 Å². The van der Waals surface area contributed by atoms with E-state index < -0.39 is 0 Å². The van der Waals surface area contributed by atoms with Gasteiger partial charge in [0.2, 0.25) is 0 Å². The third-order valence-corrected chi connectivity index (χ3v) is 2.41. The number of unbranched alkanes of at least 4 members (excludes halogenated alkanes) is 1. The summed E-state index contributed by atoms with van der Waals surface area (Å²) < 4.78 is 18.6. The minimum atomic E-state index is -0.305. The van der Waals surface area contributed by atoms with Crippen molar-refractivity contribution in [1.29, 1.82) is 0 Å². The Hall–Kier alpha value is -1.09. The molecule has 0 fully saturated rings. The summed E-state index contributed by atoms with van der Waals surface area (Å²) in [5.74, 6) is 0.246. The average Bonchev–Trinajstić information content (AvgIpc) is 2.28. The first-order valence-electron chi connectivity index (χ1n) is 5.73. The maximum absolute atomic E-state index is 13.1. The van der Waals surface area contributed by atoms with Gasteiger partial charge in [-0.3, -0.25) is 0 Å². The highest BCUT2D eigenvalue weighted by Crippen LogP contribution is 2.23. The van der Waals surface area contributed by atoms with Gasteiger partial charge < -0.3 is 9.84 Å². The van der Waals surface area contributed by atoms with Crippen molar-refractivity contribution in [3.63, 3.8) is 0 Å². The van der Waals surface area contributed by atoms with Gasteiger partial charge in [0.05, 0.1) is 6.61 Å². The second-order valence-corrected chi connectivity index (χ2v) is 3.97. The van der Waals surface area contributed by atoms with Gasteiger partial charge in [-0.05, 0) is 31.4 Å². The molecule has 0 aromatic heterocycles. The second-order valence-electron chi connectivity index (χ2n) is 3.97. The third kappa shape index (κ3) is 3.81. The molecule has 0 saturated heterocycles. The fraction of sp³-hybridized carbons (Fsp3) is 0.538. The zero-order valence-electron chi connectivity index (χ0n) is 9.87. The van der Waals surface area contributed by atoms with Gasteiger partial charge in [-0.15, -0.1) is 0 Å². The lowest BCUT2D eigenvalue weighted by molar-refractivity contribution is 0.128. The molecule has 0 amide bonds. The monoisotopic (exact) mass is 226 g/mol. The van der Waals surface area contributed by atoms with Gasteiger partial charge >= 0.3 is 0 Å². The molecule has 0 bridgehead atoms. The van der Waals surface area contributed by atoms with E-state index in [1.54, 1.807) is 13.0 Å². The van der Waals surface area contributed by atoms with Crippen LogP contribution >= 0.6 is 0 Å². The lowest BCUT2D eigenvalue weighted by Crippen LogP contribution is -2.17. The maximum Gasteiger partial charge on any atom is 0.126 e. The smallest absolute Gasteiger partial charge is 0.126 e. The molecule has 1 N–H and O–H groups in total. The standard InChI is InChI=1S/C13H19FO2/c1-3-4-5-11-6-7-12(14)8-13(11)16-10(2)9-15/h6-8,10,15H,3-5,9H2,1-2H3/t10-/m0/s1. The predicted molar refractivity (Wildman–Crippen MR) is 62.2 cm³/mol. The van der Waals surface area contributed by atoms with E-state index in [4.69, 9.17) is 9.84 Å². The third-order valence-electron chi connectivity index (χ3n) is 2.41. The molecule has 1 rings (SSSR count). The molecule has 90 valence electrons. The molecule has 0 unspecified atom stereocenters. The van der Waals surface area contributed by atoms with Crippen LogP contribution in [-0.4, -0.2) is 17.8 Å². The van der Waals surface area contributed by atoms with E-state index in [0.717, 1.165) is 24.8 Å². The van der Waals surface area contributed by atoms with Gasteiger partial charge in [0.25, 0.3) is 0 Å². The number of aliphatic hydroxyl groups is 1. The Balaban J connectivity index is 2.80. The maximum atomic E-state index is 13.1. The van der Waals surface area contributed by atoms with E-state index in [1.807, 2.05) is 0 Å². The van der Waals surface area contributed by atoms with Crippen molar-refractivity contribution in [2.75, 3.05) is 6.61 Å². The molecule has 1 aromatic carbocycles. The molecule has 0 aliphatic heterocycles. The predicted octanol–water partition coefficient (Wildman–Crippen LogP) is 2.93. The van der Waals surface area contributed by atoms with Crippen LogP contribution in [0.4, 0.5) is 4.39 Å². The van der Waals surface area contributed by atoms with Crippen LogP contribution in [0.15, 0.2) is 18.2 Å². The van der Waals surface area contributed by atoms with E-state index in [0.29, 0.717) is 5.75 Å². The van der Waals surface area contributed by atoms with Crippen molar-refractivity contribution in [2.24, 2.45) is 0 Å². The fourth-order valence-electron chi connectivity index (χ4n) is 1.47. The van der Waals surface area contributed by atoms with Gasteiger partial charge in [0, 0.05) is 6.07 Å². The SMILES string of the molecule is CCCCc1ccc(F)cc1O[C@@H](C)CO. The van der Waals surface area contributed by atoms with Gasteiger partial charge in [-0.25, -0.2) is 4.39 Å². The van der Waals surface area contributed by atoms with E-state index in [2.05, 4.69) is 6.92 Å². The number of hydrogen-bond acceptors (Lipinski definition) is 2. The highest BCUT2D eigenvalue weighted by molar-refractivity contribution is 5.34.